The molecule has 16 heavy (non-hydrogen) atoms. The Hall–Kier alpha value is -1.03. The molecule has 1 aromatic heterocycles. The third kappa shape index (κ3) is 2.21. The second-order valence-electron chi connectivity index (χ2n) is 3.36. The van der Waals surface area contributed by atoms with E-state index in [4.69, 9.17) is 23.2 Å². The molecular weight excluding hydrogens is 245 g/mol. The van der Waals surface area contributed by atoms with Gasteiger partial charge in [0.1, 0.15) is 5.82 Å². The van der Waals surface area contributed by atoms with Crippen molar-refractivity contribution >= 4 is 23.2 Å². The summed E-state index contributed by atoms with van der Waals surface area (Å²) in [6.07, 6.45) is 3.48. The van der Waals surface area contributed by atoms with Crippen molar-refractivity contribution in [2.24, 2.45) is 0 Å². The maximum Gasteiger partial charge on any atom is 0.127 e. The van der Waals surface area contributed by atoms with Gasteiger partial charge < -0.3 is 10.3 Å². The number of rotatable bonds is 3. The monoisotopic (exact) mass is 255 g/mol. The van der Waals surface area contributed by atoms with E-state index in [0.29, 0.717) is 10.0 Å². The van der Waals surface area contributed by atoms with Crippen LogP contribution < -0.4 is 5.32 Å². The van der Waals surface area contributed by atoms with Crippen LogP contribution in [0.2, 0.25) is 10.0 Å². The fraction of sp³-hybridized carbons (Fsp3) is 0.182. The van der Waals surface area contributed by atoms with E-state index in [1.165, 1.54) is 0 Å². The maximum atomic E-state index is 6.15. The normalized spacial score (nSPS) is 12.7. The molecule has 1 atom stereocenters. The molecule has 0 saturated carbocycles. The van der Waals surface area contributed by atoms with E-state index in [0.717, 1.165) is 11.4 Å². The van der Waals surface area contributed by atoms with Gasteiger partial charge in [-0.2, -0.15) is 0 Å². The van der Waals surface area contributed by atoms with Gasteiger partial charge in [0.15, 0.2) is 0 Å². The largest absolute Gasteiger partial charge is 0.347 e. The van der Waals surface area contributed by atoms with Crippen LogP contribution in [0, 0.1) is 0 Å². The van der Waals surface area contributed by atoms with Crippen molar-refractivity contribution in [3.63, 3.8) is 0 Å². The highest BCUT2D eigenvalue weighted by atomic mass is 35.5. The van der Waals surface area contributed by atoms with E-state index in [9.17, 15) is 0 Å². The Labute approximate surface area is 104 Å². The summed E-state index contributed by atoms with van der Waals surface area (Å²) in [4.78, 5) is 7.27. The van der Waals surface area contributed by atoms with Crippen LogP contribution in [0.25, 0.3) is 0 Å². The third-order valence-corrected chi connectivity index (χ3v) is 2.93. The van der Waals surface area contributed by atoms with E-state index >= 15 is 0 Å². The highest BCUT2D eigenvalue weighted by molar-refractivity contribution is 6.33. The number of H-pyrrole nitrogens is 1. The highest BCUT2D eigenvalue weighted by Crippen LogP contribution is 2.28. The number of hydrogen-bond donors (Lipinski definition) is 2. The van der Waals surface area contributed by atoms with Crippen LogP contribution in [0.5, 0.6) is 0 Å². The highest BCUT2D eigenvalue weighted by Gasteiger charge is 2.17. The molecule has 0 spiro atoms. The SMILES string of the molecule is CNC(c1ncc[nH]1)c1cc(Cl)ccc1Cl. The molecular formula is C11H11Cl2N3. The number of nitrogens with zero attached hydrogens (tertiary/aromatic N) is 1. The average Bonchev–Trinajstić information content (AvgIpc) is 2.78. The molecule has 84 valence electrons. The zero-order chi connectivity index (χ0) is 11.5. The number of nitrogens with one attached hydrogen (secondary N) is 2. The van der Waals surface area contributed by atoms with Crippen LogP contribution in [-0.4, -0.2) is 17.0 Å². The van der Waals surface area contributed by atoms with E-state index in [1.54, 1.807) is 24.5 Å². The van der Waals surface area contributed by atoms with Crippen LogP contribution in [0.3, 0.4) is 0 Å². The minimum absolute atomic E-state index is 0.0822. The summed E-state index contributed by atoms with van der Waals surface area (Å²) in [5, 5.41) is 4.48. The van der Waals surface area contributed by atoms with Crippen LogP contribution in [0.4, 0.5) is 0 Å². The number of benzene rings is 1. The first-order chi connectivity index (χ1) is 7.72. The van der Waals surface area contributed by atoms with Gasteiger partial charge in [-0.1, -0.05) is 23.2 Å². The molecule has 2 aromatic rings. The molecule has 0 fully saturated rings. The lowest BCUT2D eigenvalue weighted by Gasteiger charge is -2.15. The molecule has 0 aliphatic carbocycles. The van der Waals surface area contributed by atoms with E-state index in [-0.39, 0.29) is 6.04 Å². The quantitative estimate of drug-likeness (QED) is 0.886. The minimum Gasteiger partial charge on any atom is -0.347 e. The molecule has 1 aromatic carbocycles. The van der Waals surface area contributed by atoms with Crippen LogP contribution >= 0.6 is 23.2 Å². The second kappa shape index (κ2) is 4.87. The summed E-state index contributed by atoms with van der Waals surface area (Å²) in [5.74, 6) is 0.812. The number of halogens is 2. The predicted molar refractivity (Wildman–Crippen MR) is 66.0 cm³/mol. The Bertz CT molecular complexity index is 468. The van der Waals surface area contributed by atoms with Gasteiger partial charge in [0.2, 0.25) is 0 Å². The van der Waals surface area contributed by atoms with Gasteiger partial charge >= 0.3 is 0 Å². The Morgan fingerprint density at radius 2 is 2.19 bits per heavy atom. The lowest BCUT2D eigenvalue weighted by atomic mass is 10.1. The molecule has 0 radical (unpaired) electrons. The zero-order valence-corrected chi connectivity index (χ0v) is 10.2. The minimum atomic E-state index is -0.0822. The van der Waals surface area contributed by atoms with Gasteiger partial charge in [0.25, 0.3) is 0 Å². The molecule has 2 N–H and O–H groups in total. The maximum absolute atomic E-state index is 6.15. The molecule has 0 aliphatic rings. The first-order valence-electron chi connectivity index (χ1n) is 4.84. The van der Waals surface area contributed by atoms with Crippen LogP contribution in [0.1, 0.15) is 17.4 Å². The Morgan fingerprint density at radius 1 is 1.38 bits per heavy atom. The lowest BCUT2D eigenvalue weighted by molar-refractivity contribution is 0.655. The summed E-state index contributed by atoms with van der Waals surface area (Å²) >= 11 is 12.1. The fourth-order valence-electron chi connectivity index (χ4n) is 1.61. The van der Waals surface area contributed by atoms with Crippen molar-refractivity contribution < 1.29 is 0 Å². The van der Waals surface area contributed by atoms with Gasteiger partial charge in [-0.15, -0.1) is 0 Å². The number of aromatic amines is 1. The average molecular weight is 256 g/mol. The first kappa shape index (κ1) is 11.5. The van der Waals surface area contributed by atoms with Crippen molar-refractivity contribution in [3.8, 4) is 0 Å². The summed E-state index contributed by atoms with van der Waals surface area (Å²) in [6, 6.07) is 5.31. The van der Waals surface area contributed by atoms with Crippen LogP contribution in [-0.2, 0) is 0 Å². The number of imidazole rings is 1. The van der Waals surface area contributed by atoms with E-state index in [2.05, 4.69) is 15.3 Å². The van der Waals surface area contributed by atoms with Gasteiger partial charge in [-0.3, -0.25) is 0 Å². The fourth-order valence-corrected chi connectivity index (χ4v) is 2.02. The van der Waals surface area contributed by atoms with Crippen molar-refractivity contribution in [2.45, 2.75) is 6.04 Å². The standard InChI is InChI=1S/C11H11Cl2N3/c1-14-10(11-15-4-5-16-11)8-6-7(12)2-3-9(8)13/h2-6,10,14H,1H3,(H,15,16). The molecule has 0 aliphatic heterocycles. The Balaban J connectivity index is 2.44. The molecule has 0 amide bonds. The zero-order valence-electron chi connectivity index (χ0n) is 8.67. The summed E-state index contributed by atoms with van der Waals surface area (Å²) in [5.41, 5.74) is 0.909. The summed E-state index contributed by atoms with van der Waals surface area (Å²) < 4.78 is 0. The smallest absolute Gasteiger partial charge is 0.127 e. The van der Waals surface area contributed by atoms with Gasteiger partial charge in [-0.25, -0.2) is 4.98 Å². The second-order valence-corrected chi connectivity index (χ2v) is 4.21. The molecule has 1 heterocycles. The predicted octanol–water partition coefficient (Wildman–Crippen LogP) is 3.03. The van der Waals surface area contributed by atoms with Gasteiger partial charge in [0, 0.05) is 22.4 Å². The molecule has 2 rings (SSSR count). The lowest BCUT2D eigenvalue weighted by Crippen LogP contribution is -2.19. The third-order valence-electron chi connectivity index (χ3n) is 2.35. The molecule has 5 heteroatoms. The van der Waals surface area contributed by atoms with E-state index < -0.39 is 0 Å². The molecule has 1 unspecified atom stereocenters. The van der Waals surface area contributed by atoms with Gasteiger partial charge in [0.05, 0.1) is 6.04 Å². The summed E-state index contributed by atoms with van der Waals surface area (Å²) in [6.45, 7) is 0. The van der Waals surface area contributed by atoms with Crippen molar-refractivity contribution in [2.75, 3.05) is 7.05 Å². The van der Waals surface area contributed by atoms with Crippen molar-refractivity contribution in [1.29, 1.82) is 0 Å². The Morgan fingerprint density at radius 3 is 2.81 bits per heavy atom. The topological polar surface area (TPSA) is 40.7 Å². The van der Waals surface area contributed by atoms with Crippen LogP contribution in [0.15, 0.2) is 30.6 Å². The van der Waals surface area contributed by atoms with E-state index in [1.807, 2.05) is 13.1 Å². The molecule has 0 bridgehead atoms. The summed E-state index contributed by atoms with van der Waals surface area (Å²) in [7, 11) is 1.85. The van der Waals surface area contributed by atoms with Gasteiger partial charge in [-0.05, 0) is 30.8 Å². The number of hydrogen-bond acceptors (Lipinski definition) is 2. The van der Waals surface area contributed by atoms with Crippen molar-refractivity contribution in [3.05, 3.63) is 52.0 Å². The first-order valence-corrected chi connectivity index (χ1v) is 5.59. The Kier molecular flexibility index (Phi) is 3.49. The molecule has 3 nitrogen and oxygen atoms in total. The van der Waals surface area contributed by atoms with Crippen molar-refractivity contribution in [1.82, 2.24) is 15.3 Å². The molecule has 0 saturated heterocycles. The number of aromatic nitrogens is 2.